The standard InChI is InChI=1S/C10H15O/c1-2-8-3-7-4-9(6-11)10(8)5-7/h6-9H,2-5H2,1H3. The number of carbonyl (C=O) groups is 1. The van der Waals surface area contributed by atoms with E-state index >= 15 is 0 Å². The maximum Gasteiger partial charge on any atom is 0.123 e. The molecular weight excluding hydrogens is 136 g/mol. The predicted molar refractivity (Wildman–Crippen MR) is 43.9 cm³/mol. The lowest BCUT2D eigenvalue weighted by Crippen LogP contribution is -2.18. The van der Waals surface area contributed by atoms with Crippen LogP contribution in [0.5, 0.6) is 0 Å². The molecule has 0 amide bonds. The SMILES string of the molecule is CCC1CC2C[C]1C(C=O)C2. The van der Waals surface area contributed by atoms with Crippen molar-refractivity contribution < 1.29 is 4.79 Å². The highest BCUT2D eigenvalue weighted by Gasteiger charge is 2.45. The molecule has 1 heteroatoms. The lowest BCUT2D eigenvalue weighted by molar-refractivity contribution is -0.111. The molecule has 0 heterocycles. The van der Waals surface area contributed by atoms with Crippen LogP contribution in [0.3, 0.4) is 0 Å². The van der Waals surface area contributed by atoms with Gasteiger partial charge < -0.3 is 4.79 Å². The lowest BCUT2D eigenvalue weighted by Gasteiger charge is -2.24. The summed E-state index contributed by atoms with van der Waals surface area (Å²) in [5, 5.41) is 0. The molecule has 11 heavy (non-hydrogen) atoms. The summed E-state index contributed by atoms with van der Waals surface area (Å²) in [5.41, 5.74) is 0. The quantitative estimate of drug-likeness (QED) is 0.553. The molecule has 61 valence electrons. The Labute approximate surface area is 68.2 Å². The Bertz CT molecular complexity index is 164. The maximum absolute atomic E-state index is 10.6. The molecule has 2 aliphatic rings. The number of fused-ring (bicyclic) bond motifs is 2. The van der Waals surface area contributed by atoms with Crippen molar-refractivity contribution in [3.63, 3.8) is 0 Å². The van der Waals surface area contributed by atoms with Gasteiger partial charge in [-0.15, -0.1) is 0 Å². The minimum atomic E-state index is 0.346. The summed E-state index contributed by atoms with van der Waals surface area (Å²) in [6.45, 7) is 2.24. The first-order valence-corrected chi connectivity index (χ1v) is 4.66. The first kappa shape index (κ1) is 7.33. The normalized spacial score (nSPS) is 43.2. The molecule has 0 aromatic heterocycles. The molecule has 0 spiro atoms. The van der Waals surface area contributed by atoms with Gasteiger partial charge in [-0.05, 0) is 37.0 Å². The number of rotatable bonds is 2. The van der Waals surface area contributed by atoms with Crippen molar-refractivity contribution in [3.05, 3.63) is 5.92 Å². The smallest absolute Gasteiger partial charge is 0.123 e. The second kappa shape index (κ2) is 2.62. The first-order chi connectivity index (χ1) is 5.35. The highest BCUT2D eigenvalue weighted by atomic mass is 16.1. The van der Waals surface area contributed by atoms with Crippen molar-refractivity contribution in [1.29, 1.82) is 0 Å². The van der Waals surface area contributed by atoms with E-state index in [1.807, 2.05) is 0 Å². The van der Waals surface area contributed by atoms with E-state index in [-0.39, 0.29) is 0 Å². The molecular formula is C10H15O. The second-order valence-corrected chi connectivity index (χ2v) is 3.96. The molecule has 2 aliphatic carbocycles. The third-order valence-corrected chi connectivity index (χ3v) is 3.39. The van der Waals surface area contributed by atoms with Crippen LogP contribution in [0.25, 0.3) is 0 Å². The van der Waals surface area contributed by atoms with Crippen LogP contribution < -0.4 is 0 Å². The van der Waals surface area contributed by atoms with Gasteiger partial charge in [0, 0.05) is 5.92 Å². The van der Waals surface area contributed by atoms with Crippen LogP contribution >= 0.6 is 0 Å². The van der Waals surface area contributed by atoms with E-state index in [2.05, 4.69) is 6.92 Å². The monoisotopic (exact) mass is 151 g/mol. The van der Waals surface area contributed by atoms with E-state index in [0.717, 1.165) is 24.5 Å². The highest BCUT2D eigenvalue weighted by molar-refractivity contribution is 5.59. The summed E-state index contributed by atoms with van der Waals surface area (Å²) >= 11 is 0. The van der Waals surface area contributed by atoms with Gasteiger partial charge in [-0.1, -0.05) is 13.3 Å². The fraction of sp³-hybridized carbons (Fsp3) is 0.800. The number of hydrogen-bond acceptors (Lipinski definition) is 1. The summed E-state index contributed by atoms with van der Waals surface area (Å²) in [6.07, 6.45) is 6.21. The van der Waals surface area contributed by atoms with Crippen LogP contribution in [-0.4, -0.2) is 6.29 Å². The molecule has 0 saturated heterocycles. The van der Waals surface area contributed by atoms with Crippen molar-refractivity contribution >= 4 is 6.29 Å². The fourth-order valence-corrected chi connectivity index (χ4v) is 2.85. The third-order valence-electron chi connectivity index (χ3n) is 3.39. The summed E-state index contributed by atoms with van der Waals surface area (Å²) in [4.78, 5) is 10.6. The molecule has 3 atom stereocenters. The summed E-state index contributed by atoms with van der Waals surface area (Å²) in [7, 11) is 0. The summed E-state index contributed by atoms with van der Waals surface area (Å²) in [6, 6.07) is 0. The fourth-order valence-electron chi connectivity index (χ4n) is 2.85. The van der Waals surface area contributed by atoms with Gasteiger partial charge in [-0.3, -0.25) is 0 Å². The maximum atomic E-state index is 10.6. The molecule has 0 N–H and O–H groups in total. The van der Waals surface area contributed by atoms with E-state index in [4.69, 9.17) is 0 Å². The van der Waals surface area contributed by atoms with Gasteiger partial charge in [0.25, 0.3) is 0 Å². The summed E-state index contributed by atoms with van der Waals surface area (Å²) in [5.74, 6) is 3.58. The molecule has 2 bridgehead atoms. The Morgan fingerprint density at radius 2 is 2.36 bits per heavy atom. The zero-order chi connectivity index (χ0) is 7.84. The Kier molecular flexibility index (Phi) is 1.74. The van der Waals surface area contributed by atoms with Gasteiger partial charge in [0.05, 0.1) is 0 Å². The van der Waals surface area contributed by atoms with E-state index in [0.29, 0.717) is 5.92 Å². The molecule has 0 aromatic rings. The molecule has 1 nitrogen and oxygen atoms in total. The zero-order valence-electron chi connectivity index (χ0n) is 7.05. The Morgan fingerprint density at radius 1 is 1.55 bits per heavy atom. The highest BCUT2D eigenvalue weighted by Crippen LogP contribution is 2.53. The molecule has 3 unspecified atom stereocenters. The Balaban J connectivity index is 2.07. The van der Waals surface area contributed by atoms with Crippen molar-refractivity contribution in [2.75, 3.05) is 0 Å². The largest absolute Gasteiger partial charge is 0.303 e. The van der Waals surface area contributed by atoms with Crippen molar-refractivity contribution in [3.8, 4) is 0 Å². The lowest BCUT2D eigenvalue weighted by atomic mass is 9.80. The van der Waals surface area contributed by atoms with Crippen molar-refractivity contribution in [1.82, 2.24) is 0 Å². The van der Waals surface area contributed by atoms with Gasteiger partial charge in [0.15, 0.2) is 0 Å². The van der Waals surface area contributed by atoms with Gasteiger partial charge >= 0.3 is 0 Å². The van der Waals surface area contributed by atoms with E-state index < -0.39 is 0 Å². The second-order valence-electron chi connectivity index (χ2n) is 3.96. The molecule has 0 aliphatic heterocycles. The van der Waals surface area contributed by atoms with Crippen LogP contribution in [0.1, 0.15) is 32.6 Å². The van der Waals surface area contributed by atoms with Crippen LogP contribution in [0.15, 0.2) is 0 Å². The number of aldehydes is 1. The molecule has 2 rings (SSSR count). The summed E-state index contributed by atoms with van der Waals surface area (Å²) < 4.78 is 0. The average molecular weight is 151 g/mol. The van der Waals surface area contributed by atoms with Gasteiger partial charge in [0.1, 0.15) is 6.29 Å². The Hall–Kier alpha value is -0.330. The predicted octanol–water partition coefficient (Wildman–Crippen LogP) is 2.22. The number of carbonyl (C=O) groups excluding carboxylic acids is 1. The van der Waals surface area contributed by atoms with Crippen LogP contribution in [0.2, 0.25) is 0 Å². The Morgan fingerprint density at radius 3 is 2.91 bits per heavy atom. The van der Waals surface area contributed by atoms with E-state index in [1.54, 1.807) is 5.92 Å². The molecule has 1 radical (unpaired) electrons. The molecule has 2 fully saturated rings. The topological polar surface area (TPSA) is 17.1 Å². The number of hydrogen-bond donors (Lipinski definition) is 0. The van der Waals surface area contributed by atoms with Gasteiger partial charge in [-0.2, -0.15) is 0 Å². The third kappa shape index (κ3) is 1.02. The van der Waals surface area contributed by atoms with Crippen LogP contribution in [0, 0.1) is 23.7 Å². The average Bonchev–Trinajstić information content (AvgIpc) is 2.60. The van der Waals surface area contributed by atoms with Crippen LogP contribution in [0.4, 0.5) is 0 Å². The van der Waals surface area contributed by atoms with E-state index in [1.165, 1.54) is 19.3 Å². The first-order valence-electron chi connectivity index (χ1n) is 4.66. The minimum absolute atomic E-state index is 0.346. The molecule has 0 aromatic carbocycles. The molecule has 2 saturated carbocycles. The van der Waals surface area contributed by atoms with Gasteiger partial charge in [-0.25, -0.2) is 0 Å². The van der Waals surface area contributed by atoms with Gasteiger partial charge in [0.2, 0.25) is 0 Å². The van der Waals surface area contributed by atoms with Crippen LogP contribution in [-0.2, 0) is 4.79 Å². The minimum Gasteiger partial charge on any atom is -0.303 e. The van der Waals surface area contributed by atoms with Crippen molar-refractivity contribution in [2.24, 2.45) is 17.8 Å². The van der Waals surface area contributed by atoms with E-state index in [9.17, 15) is 4.79 Å². The van der Waals surface area contributed by atoms with Crippen molar-refractivity contribution in [2.45, 2.75) is 32.6 Å². The zero-order valence-corrected chi connectivity index (χ0v) is 7.05.